The molecular formula is C20H29N2P. The van der Waals surface area contributed by atoms with Crippen LogP contribution >= 0.6 is 7.92 Å². The smallest absolute Gasteiger partial charge is 0.0347 e. The molecule has 0 spiro atoms. The van der Waals surface area contributed by atoms with Gasteiger partial charge in [0, 0.05) is 5.78 Å². The monoisotopic (exact) mass is 328 g/mol. The minimum Gasteiger partial charge on any atom is -0.309 e. The van der Waals surface area contributed by atoms with Gasteiger partial charge < -0.3 is 4.90 Å². The molecule has 0 amide bonds. The average molecular weight is 328 g/mol. The van der Waals surface area contributed by atoms with Crippen LogP contribution in [0.15, 0.2) is 60.7 Å². The van der Waals surface area contributed by atoms with E-state index in [0.29, 0.717) is 5.78 Å². The van der Waals surface area contributed by atoms with Crippen LogP contribution in [0.4, 0.5) is 0 Å². The molecule has 0 N–H and O–H groups in total. The van der Waals surface area contributed by atoms with Gasteiger partial charge in [0.1, 0.15) is 0 Å². The Hall–Kier alpha value is -1.21. The Kier molecular flexibility index (Phi) is 7.23. The zero-order chi connectivity index (χ0) is 16.7. The molecule has 0 bridgehead atoms. The lowest BCUT2D eigenvalue weighted by atomic mass is 10.4. The summed E-state index contributed by atoms with van der Waals surface area (Å²) in [4.78, 5) is 4.78. The predicted octanol–water partition coefficient (Wildman–Crippen LogP) is 3.35. The summed E-state index contributed by atoms with van der Waals surface area (Å²) in [7, 11) is 6.18. The van der Waals surface area contributed by atoms with E-state index in [0.717, 1.165) is 13.1 Å². The zero-order valence-electron chi connectivity index (χ0n) is 14.8. The molecule has 1 unspecified atom stereocenters. The molecule has 0 saturated heterocycles. The van der Waals surface area contributed by atoms with Crippen molar-refractivity contribution in [3.05, 3.63) is 60.7 Å². The van der Waals surface area contributed by atoms with Crippen molar-refractivity contribution in [3.63, 3.8) is 0 Å². The van der Waals surface area contributed by atoms with Gasteiger partial charge in [-0.15, -0.1) is 0 Å². The lowest BCUT2D eigenvalue weighted by Crippen LogP contribution is -2.35. The molecule has 0 radical (unpaired) electrons. The molecule has 2 aromatic rings. The molecule has 0 aliphatic carbocycles. The van der Waals surface area contributed by atoms with E-state index in [4.69, 9.17) is 0 Å². The summed E-state index contributed by atoms with van der Waals surface area (Å²) in [6.45, 7) is 4.66. The first-order valence-electron chi connectivity index (χ1n) is 8.34. The molecule has 23 heavy (non-hydrogen) atoms. The van der Waals surface area contributed by atoms with Crippen LogP contribution in [0.2, 0.25) is 0 Å². The Morgan fingerprint density at radius 1 is 0.783 bits per heavy atom. The second kappa shape index (κ2) is 9.17. The number of nitrogens with zero attached hydrogens (tertiary/aromatic N) is 2. The van der Waals surface area contributed by atoms with Gasteiger partial charge in [0.15, 0.2) is 0 Å². The van der Waals surface area contributed by atoms with Gasteiger partial charge >= 0.3 is 0 Å². The summed E-state index contributed by atoms with van der Waals surface area (Å²) in [5.74, 6) is 0.525. The Morgan fingerprint density at radius 3 is 1.70 bits per heavy atom. The third-order valence-corrected chi connectivity index (χ3v) is 7.05. The molecule has 0 fully saturated rings. The van der Waals surface area contributed by atoms with E-state index >= 15 is 0 Å². The SMILES string of the molecule is CC(N(C)CCCN(C)C)P(c1ccccc1)c1ccccc1. The van der Waals surface area contributed by atoms with E-state index in [2.05, 4.69) is 98.5 Å². The molecule has 2 rings (SSSR count). The summed E-state index contributed by atoms with van der Waals surface area (Å²) in [5, 5.41) is 2.92. The van der Waals surface area contributed by atoms with Crippen LogP contribution in [-0.2, 0) is 0 Å². The Morgan fingerprint density at radius 2 is 1.26 bits per heavy atom. The van der Waals surface area contributed by atoms with Crippen LogP contribution in [0.3, 0.4) is 0 Å². The Bertz CT molecular complexity index is 517. The Balaban J connectivity index is 2.17. The van der Waals surface area contributed by atoms with Gasteiger partial charge in [0.25, 0.3) is 0 Å². The second-order valence-corrected chi connectivity index (χ2v) is 8.83. The minimum absolute atomic E-state index is 0.371. The van der Waals surface area contributed by atoms with Gasteiger partial charge in [-0.2, -0.15) is 0 Å². The summed E-state index contributed by atoms with van der Waals surface area (Å²) in [6.07, 6.45) is 1.21. The molecule has 0 saturated carbocycles. The van der Waals surface area contributed by atoms with Gasteiger partial charge in [0.05, 0.1) is 0 Å². The molecule has 124 valence electrons. The third-order valence-electron chi connectivity index (χ3n) is 4.20. The number of rotatable bonds is 8. The van der Waals surface area contributed by atoms with E-state index < -0.39 is 0 Å². The predicted molar refractivity (Wildman–Crippen MR) is 104 cm³/mol. The molecule has 0 aliphatic heterocycles. The van der Waals surface area contributed by atoms with Crippen LogP contribution in [-0.4, -0.2) is 49.8 Å². The van der Waals surface area contributed by atoms with E-state index in [1.165, 1.54) is 17.0 Å². The van der Waals surface area contributed by atoms with Gasteiger partial charge in [-0.3, -0.25) is 4.90 Å². The Labute approximate surface area is 142 Å². The van der Waals surface area contributed by atoms with Crippen LogP contribution in [0.1, 0.15) is 13.3 Å². The molecule has 1 atom stereocenters. The maximum atomic E-state index is 2.52. The standard InChI is InChI=1S/C20H29N2P/c1-18(22(4)17-11-16-21(2)3)23(19-12-7-5-8-13-19)20-14-9-6-10-15-20/h5-10,12-15,18H,11,16-17H2,1-4H3. The third kappa shape index (κ3) is 5.42. The number of hydrogen-bond acceptors (Lipinski definition) is 2. The summed E-state index contributed by atoms with van der Waals surface area (Å²) in [6, 6.07) is 22.0. The summed E-state index contributed by atoms with van der Waals surface area (Å²) in [5.41, 5.74) is 0. The summed E-state index contributed by atoms with van der Waals surface area (Å²) >= 11 is 0. The van der Waals surface area contributed by atoms with Crippen LogP contribution in [0.25, 0.3) is 0 Å². The normalized spacial score (nSPS) is 13.0. The first-order chi connectivity index (χ1) is 11.1. The van der Waals surface area contributed by atoms with Crippen molar-refractivity contribution in [1.29, 1.82) is 0 Å². The molecule has 3 heteroatoms. The fraction of sp³-hybridized carbons (Fsp3) is 0.400. The fourth-order valence-electron chi connectivity index (χ4n) is 2.78. The topological polar surface area (TPSA) is 6.48 Å². The van der Waals surface area contributed by atoms with E-state index in [-0.39, 0.29) is 7.92 Å². The van der Waals surface area contributed by atoms with E-state index in [9.17, 15) is 0 Å². The van der Waals surface area contributed by atoms with E-state index in [1.54, 1.807) is 0 Å². The highest BCUT2D eigenvalue weighted by molar-refractivity contribution is 7.73. The van der Waals surface area contributed by atoms with E-state index in [1.807, 2.05) is 0 Å². The van der Waals surface area contributed by atoms with Gasteiger partial charge in [-0.1, -0.05) is 60.7 Å². The molecular weight excluding hydrogens is 299 g/mol. The van der Waals surface area contributed by atoms with Gasteiger partial charge in [-0.25, -0.2) is 0 Å². The molecule has 0 aromatic heterocycles. The van der Waals surface area contributed by atoms with Crippen molar-refractivity contribution in [2.24, 2.45) is 0 Å². The molecule has 0 aliphatic rings. The van der Waals surface area contributed by atoms with Crippen LogP contribution in [0.5, 0.6) is 0 Å². The fourth-order valence-corrected chi connectivity index (χ4v) is 5.44. The average Bonchev–Trinajstić information content (AvgIpc) is 2.56. The van der Waals surface area contributed by atoms with Crippen molar-refractivity contribution in [2.75, 3.05) is 34.2 Å². The largest absolute Gasteiger partial charge is 0.309 e. The highest BCUT2D eigenvalue weighted by Crippen LogP contribution is 2.40. The quantitative estimate of drug-likeness (QED) is 0.686. The molecule has 2 nitrogen and oxygen atoms in total. The van der Waals surface area contributed by atoms with Crippen molar-refractivity contribution >= 4 is 18.5 Å². The van der Waals surface area contributed by atoms with Crippen LogP contribution in [0, 0.1) is 0 Å². The lowest BCUT2D eigenvalue weighted by Gasteiger charge is -2.33. The van der Waals surface area contributed by atoms with Gasteiger partial charge in [0.2, 0.25) is 0 Å². The van der Waals surface area contributed by atoms with Crippen molar-refractivity contribution < 1.29 is 0 Å². The van der Waals surface area contributed by atoms with Crippen molar-refractivity contribution in [3.8, 4) is 0 Å². The summed E-state index contributed by atoms with van der Waals surface area (Å²) < 4.78 is 0. The highest BCUT2D eigenvalue weighted by atomic mass is 31.1. The number of hydrogen-bond donors (Lipinski definition) is 0. The highest BCUT2D eigenvalue weighted by Gasteiger charge is 2.23. The van der Waals surface area contributed by atoms with Crippen LogP contribution < -0.4 is 10.6 Å². The van der Waals surface area contributed by atoms with Crippen molar-refractivity contribution in [1.82, 2.24) is 9.80 Å². The molecule has 2 aromatic carbocycles. The second-order valence-electron chi connectivity index (χ2n) is 6.31. The maximum Gasteiger partial charge on any atom is 0.0347 e. The van der Waals surface area contributed by atoms with Crippen molar-refractivity contribution in [2.45, 2.75) is 19.1 Å². The zero-order valence-corrected chi connectivity index (χ0v) is 15.7. The first kappa shape index (κ1) is 18.1. The minimum atomic E-state index is -0.371. The molecule has 0 heterocycles. The maximum absolute atomic E-state index is 2.52. The lowest BCUT2D eigenvalue weighted by molar-refractivity contribution is 0.293. The first-order valence-corrected chi connectivity index (χ1v) is 9.75. The number of benzene rings is 2. The van der Waals surface area contributed by atoms with Gasteiger partial charge in [-0.05, 0) is 66.1 Å².